The Morgan fingerprint density at radius 2 is 1.75 bits per heavy atom. The normalized spacial score (nSPS) is 12.9. The van der Waals surface area contributed by atoms with Gasteiger partial charge in [0.05, 0.1) is 6.61 Å². The molecule has 0 bridgehead atoms. The number of amides is 2. The van der Waals surface area contributed by atoms with E-state index in [1.165, 1.54) is 0 Å². The Morgan fingerprint density at radius 3 is 2.43 bits per heavy atom. The van der Waals surface area contributed by atoms with Gasteiger partial charge in [0, 0.05) is 5.56 Å². The Morgan fingerprint density at radius 1 is 1.07 bits per heavy atom. The molecule has 0 atom stereocenters. The molecule has 0 radical (unpaired) electrons. The summed E-state index contributed by atoms with van der Waals surface area (Å²) in [6.45, 7) is 5.51. The van der Waals surface area contributed by atoms with E-state index in [-0.39, 0.29) is 0 Å². The smallest absolute Gasteiger partial charge is 0.457 e. The summed E-state index contributed by atoms with van der Waals surface area (Å²) in [4.78, 5) is 23.6. The number of hydrazine groups is 1. The zero-order valence-electron chi connectivity index (χ0n) is 15.8. The summed E-state index contributed by atoms with van der Waals surface area (Å²) in [5, 5.41) is 9.64. The van der Waals surface area contributed by atoms with Crippen LogP contribution >= 0.6 is 0 Å². The first kappa shape index (κ1) is 19.7. The minimum Gasteiger partial charge on any atom is -0.457 e. The van der Waals surface area contributed by atoms with Crippen molar-refractivity contribution in [2.45, 2.75) is 33.0 Å². The Labute approximate surface area is 162 Å². The van der Waals surface area contributed by atoms with E-state index in [1.54, 1.807) is 63.2 Å². The number of fused-ring (bicyclic) bond motifs is 1. The minimum atomic E-state index is -0.892. The number of rotatable bonds is 3. The summed E-state index contributed by atoms with van der Waals surface area (Å²) < 4.78 is 16.0. The van der Waals surface area contributed by atoms with Gasteiger partial charge >= 0.3 is 13.2 Å². The van der Waals surface area contributed by atoms with Gasteiger partial charge in [0.2, 0.25) is 0 Å². The molecule has 1 aliphatic rings. The fraction of sp³-hybridized carbons (Fsp3) is 0.263. The van der Waals surface area contributed by atoms with Crippen LogP contribution in [0.4, 0.5) is 4.79 Å². The van der Waals surface area contributed by atoms with Crippen LogP contribution in [0.5, 0.6) is 11.5 Å². The lowest BCUT2D eigenvalue weighted by Gasteiger charge is -2.19. The Balaban J connectivity index is 1.56. The van der Waals surface area contributed by atoms with Gasteiger partial charge in [-0.1, -0.05) is 6.07 Å². The number of hydrogen-bond donors (Lipinski definition) is 3. The maximum atomic E-state index is 12.1. The molecule has 9 heteroatoms. The highest BCUT2D eigenvalue weighted by molar-refractivity contribution is 6.61. The SMILES string of the molecule is CC(C)(C)OC(=O)NNC(=O)c1ccc(Oc2ccc3c(c2)COB3O)cc1. The van der Waals surface area contributed by atoms with Crippen LogP contribution in [0.1, 0.15) is 36.7 Å². The van der Waals surface area contributed by atoms with Crippen molar-refractivity contribution < 1.29 is 28.7 Å². The maximum Gasteiger partial charge on any atom is 0.491 e. The molecule has 0 unspecified atom stereocenters. The van der Waals surface area contributed by atoms with Crippen LogP contribution in [0.3, 0.4) is 0 Å². The molecular formula is C19H21BN2O6. The van der Waals surface area contributed by atoms with Crippen molar-refractivity contribution in [3.63, 3.8) is 0 Å². The van der Waals surface area contributed by atoms with E-state index in [4.69, 9.17) is 14.1 Å². The maximum absolute atomic E-state index is 12.1. The fourth-order valence-corrected chi connectivity index (χ4v) is 2.56. The topological polar surface area (TPSA) is 106 Å². The zero-order chi connectivity index (χ0) is 20.3. The van der Waals surface area contributed by atoms with Gasteiger partial charge in [-0.2, -0.15) is 0 Å². The molecule has 1 aliphatic heterocycles. The van der Waals surface area contributed by atoms with Gasteiger partial charge in [0.1, 0.15) is 17.1 Å². The second-order valence-corrected chi connectivity index (χ2v) is 7.23. The van der Waals surface area contributed by atoms with E-state index >= 15 is 0 Å². The van der Waals surface area contributed by atoms with Gasteiger partial charge in [-0.05, 0) is 68.2 Å². The highest BCUT2D eigenvalue weighted by atomic mass is 16.6. The number of hydrogen-bond acceptors (Lipinski definition) is 6. The second-order valence-electron chi connectivity index (χ2n) is 7.23. The molecule has 3 rings (SSSR count). The van der Waals surface area contributed by atoms with Gasteiger partial charge in [0.25, 0.3) is 5.91 Å². The van der Waals surface area contributed by atoms with Crippen molar-refractivity contribution in [1.82, 2.24) is 10.9 Å². The first-order valence-corrected chi connectivity index (χ1v) is 8.71. The molecule has 146 valence electrons. The van der Waals surface area contributed by atoms with Crippen molar-refractivity contribution in [3.05, 3.63) is 53.6 Å². The number of carbonyl (C=O) groups is 2. The summed E-state index contributed by atoms with van der Waals surface area (Å²) >= 11 is 0. The van der Waals surface area contributed by atoms with Crippen LogP contribution < -0.4 is 21.1 Å². The molecule has 0 saturated carbocycles. The molecule has 2 amide bonds. The van der Waals surface area contributed by atoms with Crippen LogP contribution in [-0.2, 0) is 16.0 Å². The molecular weight excluding hydrogens is 363 g/mol. The van der Waals surface area contributed by atoms with Gasteiger partial charge in [-0.3, -0.25) is 10.2 Å². The van der Waals surface area contributed by atoms with Gasteiger partial charge in [-0.25, -0.2) is 10.2 Å². The van der Waals surface area contributed by atoms with Crippen molar-refractivity contribution in [3.8, 4) is 11.5 Å². The summed E-state index contributed by atoms with van der Waals surface area (Å²) in [7, 11) is -0.892. The molecule has 0 aliphatic carbocycles. The third-order valence-electron chi connectivity index (χ3n) is 3.81. The number of benzene rings is 2. The van der Waals surface area contributed by atoms with E-state index in [0.29, 0.717) is 23.7 Å². The van der Waals surface area contributed by atoms with Crippen molar-refractivity contribution in [1.29, 1.82) is 0 Å². The Hall–Kier alpha value is -3.04. The fourth-order valence-electron chi connectivity index (χ4n) is 2.56. The lowest BCUT2D eigenvalue weighted by atomic mass is 9.80. The first-order chi connectivity index (χ1) is 13.2. The van der Waals surface area contributed by atoms with E-state index < -0.39 is 24.7 Å². The molecule has 3 N–H and O–H groups in total. The van der Waals surface area contributed by atoms with Crippen LogP contribution in [0, 0.1) is 0 Å². The monoisotopic (exact) mass is 384 g/mol. The molecule has 28 heavy (non-hydrogen) atoms. The average molecular weight is 384 g/mol. The predicted molar refractivity (Wildman–Crippen MR) is 102 cm³/mol. The number of carbonyl (C=O) groups excluding carboxylic acids is 2. The quantitative estimate of drug-likeness (QED) is 0.551. The molecule has 8 nitrogen and oxygen atoms in total. The standard InChI is InChI=1S/C19H21BN2O6/c1-19(2,3)28-18(24)22-21-17(23)12-4-6-14(7-5-12)27-15-8-9-16-13(10-15)11-26-20(16)25/h4-10,25H,11H2,1-3H3,(H,21,23)(H,22,24). The molecule has 0 aromatic heterocycles. The third kappa shape index (κ3) is 5.02. The van der Waals surface area contributed by atoms with E-state index in [1.807, 2.05) is 0 Å². The van der Waals surface area contributed by atoms with Gasteiger partial charge in [-0.15, -0.1) is 0 Å². The summed E-state index contributed by atoms with van der Waals surface area (Å²) in [6, 6.07) is 11.7. The zero-order valence-corrected chi connectivity index (χ0v) is 15.8. The van der Waals surface area contributed by atoms with E-state index in [2.05, 4.69) is 10.9 Å². The Kier molecular flexibility index (Phi) is 5.57. The molecule has 1 heterocycles. The largest absolute Gasteiger partial charge is 0.491 e. The molecule has 2 aromatic rings. The predicted octanol–water partition coefficient (Wildman–Crippen LogP) is 1.87. The first-order valence-electron chi connectivity index (χ1n) is 8.71. The lowest BCUT2D eigenvalue weighted by molar-refractivity contribution is 0.0483. The van der Waals surface area contributed by atoms with Gasteiger partial charge in [0.15, 0.2) is 0 Å². The summed E-state index contributed by atoms with van der Waals surface area (Å²) in [5.41, 5.74) is 5.76. The summed E-state index contributed by atoms with van der Waals surface area (Å²) in [6.07, 6.45) is -0.744. The molecule has 0 spiro atoms. The molecule has 0 saturated heterocycles. The highest BCUT2D eigenvalue weighted by Crippen LogP contribution is 2.24. The van der Waals surface area contributed by atoms with Crippen LogP contribution in [0.25, 0.3) is 0 Å². The van der Waals surface area contributed by atoms with Crippen molar-refractivity contribution in [2.24, 2.45) is 0 Å². The van der Waals surface area contributed by atoms with Gasteiger partial charge < -0.3 is 19.2 Å². The summed E-state index contributed by atoms with van der Waals surface area (Å²) in [5.74, 6) is 0.650. The molecule has 2 aromatic carbocycles. The number of ether oxygens (including phenoxy) is 2. The third-order valence-corrected chi connectivity index (χ3v) is 3.81. The van der Waals surface area contributed by atoms with Crippen molar-refractivity contribution in [2.75, 3.05) is 0 Å². The lowest BCUT2D eigenvalue weighted by Crippen LogP contribution is -2.44. The second kappa shape index (κ2) is 7.91. The highest BCUT2D eigenvalue weighted by Gasteiger charge is 2.27. The minimum absolute atomic E-state index is 0.331. The number of nitrogens with one attached hydrogen (secondary N) is 2. The van der Waals surface area contributed by atoms with Crippen LogP contribution in [-0.4, -0.2) is 29.7 Å². The molecule has 0 fully saturated rings. The Bertz CT molecular complexity index is 879. The van der Waals surface area contributed by atoms with E-state index in [0.717, 1.165) is 11.0 Å². The van der Waals surface area contributed by atoms with E-state index in [9.17, 15) is 14.6 Å². The average Bonchev–Trinajstić information content (AvgIpc) is 2.99. The van der Waals surface area contributed by atoms with Crippen LogP contribution in [0.15, 0.2) is 42.5 Å². The van der Waals surface area contributed by atoms with Crippen LogP contribution in [0.2, 0.25) is 0 Å². The van der Waals surface area contributed by atoms with Crippen molar-refractivity contribution >= 4 is 24.6 Å².